The van der Waals surface area contributed by atoms with Gasteiger partial charge in [-0.2, -0.15) is 5.26 Å². The second-order valence-corrected chi connectivity index (χ2v) is 5.57. The number of rotatable bonds is 4. The van der Waals surface area contributed by atoms with Crippen LogP contribution in [0.4, 0.5) is 5.00 Å². The number of aromatic hydroxyl groups is 1. The van der Waals surface area contributed by atoms with E-state index in [1.165, 1.54) is 23.1 Å². The Kier molecular flexibility index (Phi) is 4.44. The number of carbonyl (C=O) groups excluding carboxylic acids is 1. The number of nitriles is 1. The van der Waals surface area contributed by atoms with Gasteiger partial charge in [0.25, 0.3) is 0 Å². The highest BCUT2D eigenvalue weighted by atomic mass is 32.2. The largest absolute Gasteiger partial charge is 0.508 e. The molecule has 0 aliphatic carbocycles. The van der Waals surface area contributed by atoms with Crippen molar-refractivity contribution in [3.8, 4) is 11.8 Å². The van der Waals surface area contributed by atoms with Gasteiger partial charge in [0.05, 0.1) is 11.3 Å². The predicted molar refractivity (Wildman–Crippen MR) is 76.5 cm³/mol. The first-order valence-corrected chi connectivity index (χ1v) is 7.25. The van der Waals surface area contributed by atoms with Crippen molar-refractivity contribution < 1.29 is 9.90 Å². The van der Waals surface area contributed by atoms with Crippen LogP contribution in [0, 0.1) is 11.3 Å². The first kappa shape index (κ1) is 13.5. The van der Waals surface area contributed by atoms with E-state index >= 15 is 0 Å². The van der Waals surface area contributed by atoms with Crippen LogP contribution in [-0.4, -0.2) is 16.8 Å². The molecule has 0 saturated heterocycles. The molecule has 1 heterocycles. The summed E-state index contributed by atoms with van der Waals surface area (Å²) >= 11 is 2.70. The van der Waals surface area contributed by atoms with E-state index in [0.717, 1.165) is 4.90 Å². The number of phenols is 1. The summed E-state index contributed by atoms with van der Waals surface area (Å²) in [4.78, 5) is 12.6. The van der Waals surface area contributed by atoms with Crippen LogP contribution in [0.25, 0.3) is 0 Å². The summed E-state index contributed by atoms with van der Waals surface area (Å²) < 4.78 is 0. The normalized spacial score (nSPS) is 9.84. The second-order valence-electron chi connectivity index (χ2n) is 3.61. The van der Waals surface area contributed by atoms with Crippen molar-refractivity contribution in [2.45, 2.75) is 4.90 Å². The standard InChI is InChI=1S/C13H10N2O2S2/c14-7-9-5-6-18-13(9)15-12(17)8-19-11-3-1-10(16)2-4-11/h1-6,16H,8H2,(H,15,17). The number of hydrogen-bond acceptors (Lipinski definition) is 5. The number of hydrogen-bond donors (Lipinski definition) is 2. The molecule has 0 spiro atoms. The van der Waals surface area contributed by atoms with Gasteiger partial charge in [0, 0.05) is 4.90 Å². The number of amides is 1. The lowest BCUT2D eigenvalue weighted by Gasteiger charge is -2.03. The molecule has 6 heteroatoms. The van der Waals surface area contributed by atoms with Crippen LogP contribution in [0.5, 0.6) is 5.75 Å². The lowest BCUT2D eigenvalue weighted by atomic mass is 10.3. The van der Waals surface area contributed by atoms with E-state index in [2.05, 4.69) is 5.32 Å². The molecule has 0 aliphatic heterocycles. The van der Waals surface area contributed by atoms with Crippen molar-refractivity contribution in [1.82, 2.24) is 0 Å². The van der Waals surface area contributed by atoms with E-state index in [-0.39, 0.29) is 17.4 Å². The van der Waals surface area contributed by atoms with E-state index in [1.807, 2.05) is 6.07 Å². The quantitative estimate of drug-likeness (QED) is 0.849. The minimum absolute atomic E-state index is 0.156. The molecule has 0 unspecified atom stereocenters. The van der Waals surface area contributed by atoms with Crippen molar-refractivity contribution in [3.63, 3.8) is 0 Å². The van der Waals surface area contributed by atoms with Gasteiger partial charge in [-0.3, -0.25) is 4.79 Å². The van der Waals surface area contributed by atoms with Crippen molar-refractivity contribution in [1.29, 1.82) is 5.26 Å². The van der Waals surface area contributed by atoms with Gasteiger partial charge in [0.15, 0.2) is 0 Å². The van der Waals surface area contributed by atoms with Crippen LogP contribution in [0.15, 0.2) is 40.6 Å². The van der Waals surface area contributed by atoms with Gasteiger partial charge in [0.2, 0.25) is 5.91 Å². The molecule has 0 bridgehead atoms. The number of benzene rings is 1. The van der Waals surface area contributed by atoms with Gasteiger partial charge < -0.3 is 10.4 Å². The molecule has 1 aromatic heterocycles. The number of anilines is 1. The summed E-state index contributed by atoms with van der Waals surface area (Å²) in [6, 6.07) is 10.3. The van der Waals surface area contributed by atoms with Crippen molar-refractivity contribution >= 4 is 34.0 Å². The van der Waals surface area contributed by atoms with Crippen LogP contribution in [-0.2, 0) is 4.79 Å². The smallest absolute Gasteiger partial charge is 0.235 e. The molecule has 4 nitrogen and oxygen atoms in total. The molecule has 0 radical (unpaired) electrons. The Morgan fingerprint density at radius 3 is 2.79 bits per heavy atom. The number of thioether (sulfide) groups is 1. The molecule has 19 heavy (non-hydrogen) atoms. The molecule has 0 saturated carbocycles. The number of carbonyl (C=O) groups is 1. The molecular weight excluding hydrogens is 280 g/mol. The van der Waals surface area contributed by atoms with Crippen molar-refractivity contribution in [2.75, 3.05) is 11.1 Å². The minimum atomic E-state index is -0.156. The number of thiophene rings is 1. The Morgan fingerprint density at radius 1 is 1.37 bits per heavy atom. The molecule has 2 rings (SSSR count). The molecule has 2 N–H and O–H groups in total. The van der Waals surface area contributed by atoms with Crippen LogP contribution >= 0.6 is 23.1 Å². The Labute approximate surface area is 118 Å². The molecule has 96 valence electrons. The first-order valence-electron chi connectivity index (χ1n) is 5.38. The third-order valence-electron chi connectivity index (χ3n) is 2.25. The van der Waals surface area contributed by atoms with E-state index < -0.39 is 0 Å². The van der Waals surface area contributed by atoms with Gasteiger partial charge in [-0.05, 0) is 35.7 Å². The van der Waals surface area contributed by atoms with Gasteiger partial charge in [0.1, 0.15) is 16.8 Å². The van der Waals surface area contributed by atoms with Crippen LogP contribution in [0.2, 0.25) is 0 Å². The zero-order chi connectivity index (χ0) is 13.7. The minimum Gasteiger partial charge on any atom is -0.508 e. The monoisotopic (exact) mass is 290 g/mol. The molecule has 2 aromatic rings. The lowest BCUT2D eigenvalue weighted by Crippen LogP contribution is -2.13. The number of nitrogens with one attached hydrogen (secondary N) is 1. The summed E-state index contributed by atoms with van der Waals surface area (Å²) in [5.41, 5.74) is 0.480. The van der Waals surface area contributed by atoms with E-state index in [9.17, 15) is 4.79 Å². The lowest BCUT2D eigenvalue weighted by molar-refractivity contribution is -0.113. The van der Waals surface area contributed by atoms with Gasteiger partial charge in [-0.15, -0.1) is 23.1 Å². The molecule has 0 aliphatic rings. The maximum Gasteiger partial charge on any atom is 0.235 e. The Balaban J connectivity index is 1.89. The number of phenolic OH excluding ortho intramolecular Hbond substituents is 1. The second kappa shape index (κ2) is 6.27. The predicted octanol–water partition coefficient (Wildman–Crippen LogP) is 3.06. The topological polar surface area (TPSA) is 73.1 Å². The molecule has 1 amide bonds. The average molecular weight is 290 g/mol. The average Bonchev–Trinajstić information content (AvgIpc) is 2.85. The zero-order valence-corrected chi connectivity index (χ0v) is 11.4. The van der Waals surface area contributed by atoms with Crippen LogP contribution in [0.1, 0.15) is 5.56 Å². The van der Waals surface area contributed by atoms with Crippen LogP contribution in [0.3, 0.4) is 0 Å². The van der Waals surface area contributed by atoms with E-state index in [1.54, 1.807) is 35.7 Å². The zero-order valence-electron chi connectivity index (χ0n) is 9.79. The summed E-state index contributed by atoms with van der Waals surface area (Å²) in [6.45, 7) is 0. The molecular formula is C13H10N2O2S2. The SMILES string of the molecule is N#Cc1ccsc1NC(=O)CSc1ccc(O)cc1. The first-order chi connectivity index (χ1) is 9.19. The third-order valence-corrected chi connectivity index (χ3v) is 4.09. The highest BCUT2D eigenvalue weighted by molar-refractivity contribution is 8.00. The van der Waals surface area contributed by atoms with Crippen molar-refractivity contribution in [2.24, 2.45) is 0 Å². The van der Waals surface area contributed by atoms with Crippen molar-refractivity contribution in [3.05, 3.63) is 41.3 Å². The summed E-state index contributed by atoms with van der Waals surface area (Å²) in [5, 5.41) is 23.0. The maximum atomic E-state index is 11.7. The maximum absolute atomic E-state index is 11.7. The van der Waals surface area contributed by atoms with Crippen LogP contribution < -0.4 is 5.32 Å². The molecule has 1 aromatic carbocycles. The Morgan fingerprint density at radius 2 is 2.11 bits per heavy atom. The Hall–Kier alpha value is -1.97. The fourth-order valence-electron chi connectivity index (χ4n) is 1.35. The Bertz CT molecular complexity index is 614. The highest BCUT2D eigenvalue weighted by Crippen LogP contribution is 2.24. The fraction of sp³-hybridized carbons (Fsp3) is 0.0769. The summed E-state index contributed by atoms with van der Waals surface area (Å²) in [7, 11) is 0. The summed E-state index contributed by atoms with van der Waals surface area (Å²) in [6.07, 6.45) is 0. The summed E-state index contributed by atoms with van der Waals surface area (Å²) in [5.74, 6) is 0.302. The van der Waals surface area contributed by atoms with Gasteiger partial charge >= 0.3 is 0 Å². The molecule has 0 atom stereocenters. The third kappa shape index (κ3) is 3.74. The highest BCUT2D eigenvalue weighted by Gasteiger charge is 2.08. The fourth-order valence-corrected chi connectivity index (χ4v) is 2.80. The van der Waals surface area contributed by atoms with Gasteiger partial charge in [-0.1, -0.05) is 0 Å². The van der Waals surface area contributed by atoms with E-state index in [0.29, 0.717) is 10.6 Å². The van der Waals surface area contributed by atoms with Gasteiger partial charge in [-0.25, -0.2) is 0 Å². The number of nitrogens with zero attached hydrogens (tertiary/aromatic N) is 1. The van der Waals surface area contributed by atoms with E-state index in [4.69, 9.17) is 10.4 Å². The molecule has 0 fully saturated rings.